The summed E-state index contributed by atoms with van der Waals surface area (Å²) in [5, 5.41) is 21.4. The Labute approximate surface area is 146 Å². The fourth-order valence-corrected chi connectivity index (χ4v) is 5.00. The maximum atomic E-state index is 10.7. The van der Waals surface area contributed by atoms with Crippen molar-refractivity contribution in [2.75, 3.05) is 7.11 Å². The molecular formula is C20H27O3P. The van der Waals surface area contributed by atoms with Gasteiger partial charge in [-0.25, -0.2) is 0 Å². The molecule has 0 amide bonds. The van der Waals surface area contributed by atoms with E-state index >= 15 is 0 Å². The van der Waals surface area contributed by atoms with Gasteiger partial charge in [-0.1, -0.05) is 52.8 Å². The van der Waals surface area contributed by atoms with Crippen LogP contribution in [0, 0.1) is 6.92 Å². The molecule has 0 aromatic heterocycles. The molecular weight excluding hydrogens is 319 g/mol. The number of aliphatic hydroxyl groups excluding tert-OH is 1. The third-order valence-corrected chi connectivity index (χ3v) is 7.26. The van der Waals surface area contributed by atoms with Gasteiger partial charge in [0.25, 0.3) is 0 Å². The first-order chi connectivity index (χ1) is 11.5. The van der Waals surface area contributed by atoms with Crippen LogP contribution in [0.5, 0.6) is 11.5 Å². The van der Waals surface area contributed by atoms with Crippen LogP contribution in [0.1, 0.15) is 43.4 Å². The summed E-state index contributed by atoms with van der Waals surface area (Å²) in [5.74, 6) is 0.742. The molecule has 2 rings (SSSR count). The summed E-state index contributed by atoms with van der Waals surface area (Å²) in [7, 11) is 2.04. The van der Waals surface area contributed by atoms with Crippen molar-refractivity contribution in [3.63, 3.8) is 0 Å². The fraction of sp³-hybridized carbons (Fsp3) is 0.400. The van der Waals surface area contributed by atoms with Crippen molar-refractivity contribution in [2.24, 2.45) is 0 Å². The smallest absolute Gasteiger partial charge is 0.161 e. The summed E-state index contributed by atoms with van der Waals surface area (Å²) in [4.78, 5) is 0. The zero-order valence-corrected chi connectivity index (χ0v) is 15.9. The molecule has 2 aromatic rings. The van der Waals surface area contributed by atoms with Gasteiger partial charge in [-0.3, -0.25) is 0 Å². The van der Waals surface area contributed by atoms with Crippen LogP contribution in [0.3, 0.4) is 0 Å². The van der Waals surface area contributed by atoms with Crippen LogP contribution in [-0.4, -0.2) is 17.3 Å². The number of hydrogen-bond donors (Lipinski definition) is 2. The number of phenolic OH excluding ortho intramolecular Hbond substituents is 1. The Kier molecular flexibility index (Phi) is 6.26. The molecule has 130 valence electrons. The Morgan fingerprint density at radius 3 is 2.33 bits per heavy atom. The van der Waals surface area contributed by atoms with Gasteiger partial charge in [0.1, 0.15) is 0 Å². The van der Waals surface area contributed by atoms with Gasteiger partial charge in [0, 0.05) is 10.7 Å². The van der Waals surface area contributed by atoms with Crippen LogP contribution < -0.4 is 10.0 Å². The first-order valence-electron chi connectivity index (χ1n) is 8.37. The zero-order chi connectivity index (χ0) is 17.7. The van der Waals surface area contributed by atoms with Gasteiger partial charge in [-0.2, -0.15) is 0 Å². The molecule has 0 fully saturated rings. The lowest BCUT2D eigenvalue weighted by molar-refractivity contribution is 0.283. The summed E-state index contributed by atoms with van der Waals surface area (Å²) < 4.78 is 5.30. The normalized spacial score (nSPS) is 12.0. The second-order valence-electron chi connectivity index (χ2n) is 6.04. The highest BCUT2D eigenvalue weighted by Crippen LogP contribution is 2.52. The molecule has 2 N–H and O–H groups in total. The van der Waals surface area contributed by atoms with Crippen LogP contribution in [0.2, 0.25) is 0 Å². The number of phenols is 1. The summed E-state index contributed by atoms with van der Waals surface area (Å²) in [6.45, 7) is 6.44. The number of ether oxygens (including phenoxy) is 1. The molecule has 0 radical (unpaired) electrons. The third kappa shape index (κ3) is 3.43. The fourth-order valence-electron chi connectivity index (χ4n) is 3.23. The van der Waals surface area contributed by atoms with Gasteiger partial charge in [0.05, 0.1) is 13.7 Å². The zero-order valence-electron chi connectivity index (χ0n) is 14.9. The third-order valence-electron chi connectivity index (χ3n) is 4.84. The number of benzene rings is 2. The number of hydrogen-bond acceptors (Lipinski definition) is 3. The van der Waals surface area contributed by atoms with E-state index in [2.05, 4.69) is 26.8 Å². The summed E-state index contributed by atoms with van der Waals surface area (Å²) in [5.41, 5.74) is 3.09. The van der Waals surface area contributed by atoms with Crippen LogP contribution >= 0.6 is 8.58 Å². The van der Waals surface area contributed by atoms with E-state index in [0.717, 1.165) is 24.0 Å². The minimum atomic E-state index is -0.172. The van der Waals surface area contributed by atoms with E-state index in [1.54, 1.807) is 13.2 Å². The van der Waals surface area contributed by atoms with Gasteiger partial charge in [0.2, 0.25) is 0 Å². The standard InChI is InChI=1S/C20H27O3P/c1-5-20(6-2,16-11-8-12-17(23-4)18(16)22)24-19-14(3)9-7-10-15(19)13-21/h7-12,21-22,24H,5-6,13H2,1-4H3. The second kappa shape index (κ2) is 8.00. The monoisotopic (exact) mass is 346 g/mol. The number of methoxy groups -OCH3 is 1. The molecule has 0 saturated carbocycles. The lowest BCUT2D eigenvalue weighted by Crippen LogP contribution is -2.24. The van der Waals surface area contributed by atoms with Gasteiger partial charge in [-0.05, 0) is 42.3 Å². The Morgan fingerprint density at radius 2 is 1.75 bits per heavy atom. The quantitative estimate of drug-likeness (QED) is 0.738. The van der Waals surface area contributed by atoms with E-state index in [-0.39, 0.29) is 17.5 Å². The lowest BCUT2D eigenvalue weighted by atomic mass is 9.91. The maximum absolute atomic E-state index is 10.7. The molecule has 0 aliphatic carbocycles. The highest BCUT2D eigenvalue weighted by Gasteiger charge is 2.33. The molecule has 0 aliphatic heterocycles. The first kappa shape index (κ1) is 18.8. The van der Waals surface area contributed by atoms with Crippen molar-refractivity contribution in [1.82, 2.24) is 0 Å². The predicted molar refractivity (Wildman–Crippen MR) is 102 cm³/mol. The van der Waals surface area contributed by atoms with Crippen LogP contribution in [0.4, 0.5) is 0 Å². The Morgan fingerprint density at radius 1 is 1.08 bits per heavy atom. The van der Waals surface area contributed by atoms with Crippen molar-refractivity contribution in [3.8, 4) is 11.5 Å². The van der Waals surface area contributed by atoms with Crippen molar-refractivity contribution in [2.45, 2.75) is 45.4 Å². The minimum absolute atomic E-state index is 0.0393. The summed E-state index contributed by atoms with van der Waals surface area (Å²) in [6.07, 6.45) is 1.81. The molecule has 0 saturated heterocycles. The number of aromatic hydroxyl groups is 1. The molecule has 0 heterocycles. The van der Waals surface area contributed by atoms with Gasteiger partial charge in [0.15, 0.2) is 11.5 Å². The van der Waals surface area contributed by atoms with Crippen LogP contribution in [0.15, 0.2) is 36.4 Å². The predicted octanol–water partition coefficient (Wildman–Crippen LogP) is 4.22. The molecule has 0 spiro atoms. The van der Waals surface area contributed by atoms with E-state index < -0.39 is 0 Å². The van der Waals surface area contributed by atoms with E-state index in [1.807, 2.05) is 24.3 Å². The number of para-hydroxylation sites is 1. The van der Waals surface area contributed by atoms with Crippen molar-refractivity contribution in [1.29, 1.82) is 0 Å². The Bertz CT molecular complexity index is 693. The van der Waals surface area contributed by atoms with Gasteiger partial charge < -0.3 is 14.9 Å². The molecule has 2 aromatic carbocycles. The lowest BCUT2D eigenvalue weighted by Gasteiger charge is -2.34. The van der Waals surface area contributed by atoms with Gasteiger partial charge >= 0.3 is 0 Å². The molecule has 3 nitrogen and oxygen atoms in total. The van der Waals surface area contributed by atoms with Crippen molar-refractivity contribution in [3.05, 3.63) is 53.1 Å². The highest BCUT2D eigenvalue weighted by atomic mass is 31.1. The minimum Gasteiger partial charge on any atom is -0.504 e. The highest BCUT2D eigenvalue weighted by molar-refractivity contribution is 7.48. The molecule has 1 unspecified atom stereocenters. The van der Waals surface area contributed by atoms with E-state index in [4.69, 9.17) is 4.74 Å². The number of rotatable bonds is 7. The van der Waals surface area contributed by atoms with Crippen molar-refractivity contribution < 1.29 is 14.9 Å². The molecule has 4 heteroatoms. The van der Waals surface area contributed by atoms with Crippen LogP contribution in [-0.2, 0) is 11.8 Å². The first-order valence-corrected chi connectivity index (χ1v) is 9.37. The average molecular weight is 346 g/mol. The average Bonchev–Trinajstić information content (AvgIpc) is 2.61. The summed E-state index contributed by atoms with van der Waals surface area (Å²) >= 11 is 0. The number of aryl methyl sites for hydroxylation is 1. The summed E-state index contributed by atoms with van der Waals surface area (Å²) in [6, 6.07) is 11.8. The largest absolute Gasteiger partial charge is 0.504 e. The molecule has 0 aliphatic rings. The molecule has 24 heavy (non-hydrogen) atoms. The van der Waals surface area contributed by atoms with E-state index in [0.29, 0.717) is 14.3 Å². The molecule has 1 atom stereocenters. The van der Waals surface area contributed by atoms with E-state index in [1.165, 1.54) is 10.9 Å². The second-order valence-corrected chi connectivity index (χ2v) is 7.74. The Hall–Kier alpha value is -1.57. The van der Waals surface area contributed by atoms with Crippen molar-refractivity contribution >= 4 is 13.9 Å². The van der Waals surface area contributed by atoms with E-state index in [9.17, 15) is 10.2 Å². The number of aliphatic hydroxyl groups is 1. The van der Waals surface area contributed by atoms with Crippen LogP contribution in [0.25, 0.3) is 0 Å². The molecule has 0 bridgehead atoms. The SMILES string of the molecule is CCC(CC)(Pc1c(C)cccc1CO)c1cccc(OC)c1O. The Balaban J connectivity index is 2.58. The maximum Gasteiger partial charge on any atom is 0.161 e. The van der Waals surface area contributed by atoms with Gasteiger partial charge in [-0.15, -0.1) is 0 Å². The topological polar surface area (TPSA) is 49.7 Å².